The first-order chi connectivity index (χ1) is 10.0. The summed E-state index contributed by atoms with van der Waals surface area (Å²) in [5, 5.41) is 8.74. The highest BCUT2D eigenvalue weighted by Gasteiger charge is 2.13. The smallest absolute Gasteiger partial charge is 0.240 e. The van der Waals surface area contributed by atoms with E-state index in [0.29, 0.717) is 11.4 Å². The second-order valence-corrected chi connectivity index (χ2v) is 6.86. The summed E-state index contributed by atoms with van der Waals surface area (Å²) in [5.74, 6) is 0. The zero-order valence-corrected chi connectivity index (χ0v) is 13.7. The van der Waals surface area contributed by atoms with Crippen molar-refractivity contribution < 1.29 is 13.5 Å². The Bertz CT molecular complexity index is 500. The van der Waals surface area contributed by atoms with Gasteiger partial charge in [0.25, 0.3) is 0 Å². The molecule has 0 aromatic heterocycles. The van der Waals surface area contributed by atoms with Crippen molar-refractivity contribution in [2.75, 3.05) is 31.6 Å². The molecular formula is C15H26N2O3S. The maximum atomic E-state index is 12.0. The minimum atomic E-state index is -3.39. The number of unbranched alkanes of at least 4 members (excludes halogenated alkanes) is 2. The highest BCUT2D eigenvalue weighted by Crippen LogP contribution is 2.17. The van der Waals surface area contributed by atoms with E-state index in [1.807, 2.05) is 26.1 Å². The third-order valence-electron chi connectivity index (χ3n) is 3.28. The van der Waals surface area contributed by atoms with E-state index in [2.05, 4.69) is 9.62 Å². The zero-order valence-electron chi connectivity index (χ0n) is 12.9. The molecule has 0 saturated carbocycles. The number of rotatable bonds is 10. The molecule has 5 nitrogen and oxygen atoms in total. The standard InChI is InChI=1S/C15H26N2O3S/c1-3-11-16-21(19,20)15-9-7-14(8-10-15)17(2)12-5-4-6-13-18/h7-10,16,18H,3-6,11-13H2,1-2H3. The molecule has 1 aromatic carbocycles. The van der Waals surface area contributed by atoms with Gasteiger partial charge in [-0.2, -0.15) is 0 Å². The van der Waals surface area contributed by atoms with Crippen molar-refractivity contribution >= 4 is 15.7 Å². The molecule has 0 atom stereocenters. The van der Waals surface area contributed by atoms with E-state index in [1.165, 1.54) is 0 Å². The lowest BCUT2D eigenvalue weighted by Crippen LogP contribution is -2.24. The molecule has 0 spiro atoms. The van der Waals surface area contributed by atoms with Crippen molar-refractivity contribution in [1.29, 1.82) is 0 Å². The fraction of sp³-hybridized carbons (Fsp3) is 0.600. The van der Waals surface area contributed by atoms with Gasteiger partial charge in [-0.3, -0.25) is 0 Å². The molecule has 2 N–H and O–H groups in total. The number of hydrogen-bond acceptors (Lipinski definition) is 4. The summed E-state index contributed by atoms with van der Waals surface area (Å²) >= 11 is 0. The van der Waals surface area contributed by atoms with Crippen LogP contribution < -0.4 is 9.62 Å². The predicted molar refractivity (Wildman–Crippen MR) is 86.1 cm³/mol. The molecule has 1 aromatic rings. The minimum absolute atomic E-state index is 0.237. The molecule has 0 fully saturated rings. The van der Waals surface area contributed by atoms with E-state index in [9.17, 15) is 8.42 Å². The Morgan fingerprint density at radius 1 is 1.14 bits per heavy atom. The molecule has 0 heterocycles. The van der Waals surface area contributed by atoms with Crippen LogP contribution in [0.5, 0.6) is 0 Å². The number of sulfonamides is 1. The van der Waals surface area contributed by atoms with Crippen LogP contribution in [0.15, 0.2) is 29.2 Å². The first-order valence-electron chi connectivity index (χ1n) is 7.43. The lowest BCUT2D eigenvalue weighted by Gasteiger charge is -2.19. The van der Waals surface area contributed by atoms with Crippen molar-refractivity contribution in [3.05, 3.63) is 24.3 Å². The fourth-order valence-electron chi connectivity index (χ4n) is 1.97. The van der Waals surface area contributed by atoms with E-state index in [-0.39, 0.29) is 6.61 Å². The average molecular weight is 314 g/mol. The second kappa shape index (κ2) is 9.02. The minimum Gasteiger partial charge on any atom is -0.396 e. The van der Waals surface area contributed by atoms with Gasteiger partial charge in [-0.25, -0.2) is 13.1 Å². The topological polar surface area (TPSA) is 69.6 Å². The van der Waals surface area contributed by atoms with E-state index in [1.54, 1.807) is 12.1 Å². The van der Waals surface area contributed by atoms with E-state index < -0.39 is 10.0 Å². The Kier molecular flexibility index (Phi) is 7.71. The molecule has 0 aliphatic carbocycles. The summed E-state index contributed by atoms with van der Waals surface area (Å²) in [7, 11) is -1.40. The highest BCUT2D eigenvalue weighted by molar-refractivity contribution is 7.89. The van der Waals surface area contributed by atoms with Crippen LogP contribution in [-0.2, 0) is 10.0 Å². The average Bonchev–Trinajstić information content (AvgIpc) is 2.49. The summed E-state index contributed by atoms with van der Waals surface area (Å²) in [6.07, 6.45) is 3.60. The molecule has 6 heteroatoms. The van der Waals surface area contributed by atoms with E-state index >= 15 is 0 Å². The SMILES string of the molecule is CCCNS(=O)(=O)c1ccc(N(C)CCCCCO)cc1. The van der Waals surface area contributed by atoms with Gasteiger partial charge in [0.2, 0.25) is 10.0 Å². The first-order valence-corrected chi connectivity index (χ1v) is 8.91. The van der Waals surface area contributed by atoms with Crippen LogP contribution in [0.3, 0.4) is 0 Å². The van der Waals surface area contributed by atoms with Crippen LogP contribution in [0.1, 0.15) is 32.6 Å². The van der Waals surface area contributed by atoms with E-state index in [4.69, 9.17) is 5.11 Å². The molecular weight excluding hydrogens is 288 g/mol. The van der Waals surface area contributed by atoms with Gasteiger partial charge < -0.3 is 10.0 Å². The predicted octanol–water partition coefficient (Wildman–Crippen LogP) is 1.97. The van der Waals surface area contributed by atoms with Gasteiger partial charge in [0, 0.05) is 32.4 Å². The molecule has 21 heavy (non-hydrogen) atoms. The van der Waals surface area contributed by atoms with Crippen LogP contribution in [0.2, 0.25) is 0 Å². The van der Waals surface area contributed by atoms with Gasteiger partial charge in [-0.15, -0.1) is 0 Å². The molecule has 0 aliphatic rings. The summed E-state index contributed by atoms with van der Waals surface area (Å²) in [4.78, 5) is 2.39. The van der Waals surface area contributed by atoms with Crippen LogP contribution >= 0.6 is 0 Å². The Balaban J connectivity index is 2.60. The van der Waals surface area contributed by atoms with Crippen molar-refractivity contribution in [3.8, 4) is 0 Å². The van der Waals surface area contributed by atoms with Crippen molar-refractivity contribution in [1.82, 2.24) is 4.72 Å². The van der Waals surface area contributed by atoms with Gasteiger partial charge >= 0.3 is 0 Å². The Morgan fingerprint density at radius 2 is 1.81 bits per heavy atom. The van der Waals surface area contributed by atoms with Crippen molar-refractivity contribution in [2.24, 2.45) is 0 Å². The third-order valence-corrected chi connectivity index (χ3v) is 4.76. The molecule has 0 aliphatic heterocycles. The number of nitrogens with one attached hydrogen (secondary N) is 1. The Labute approximate surface area is 128 Å². The highest BCUT2D eigenvalue weighted by atomic mass is 32.2. The molecule has 0 amide bonds. The molecule has 120 valence electrons. The lowest BCUT2D eigenvalue weighted by molar-refractivity contribution is 0.283. The quantitative estimate of drug-likeness (QED) is 0.648. The molecule has 0 unspecified atom stereocenters. The normalized spacial score (nSPS) is 11.6. The fourth-order valence-corrected chi connectivity index (χ4v) is 3.10. The van der Waals surface area contributed by atoms with Gasteiger partial charge in [-0.1, -0.05) is 6.92 Å². The lowest BCUT2D eigenvalue weighted by atomic mass is 10.2. The summed E-state index contributed by atoms with van der Waals surface area (Å²) < 4.78 is 26.5. The van der Waals surface area contributed by atoms with Crippen LogP contribution in [0.25, 0.3) is 0 Å². The number of aliphatic hydroxyl groups is 1. The molecule has 0 bridgehead atoms. The summed E-state index contributed by atoms with van der Waals surface area (Å²) in [6.45, 7) is 3.51. The molecule has 1 rings (SSSR count). The number of hydrogen-bond donors (Lipinski definition) is 2. The Hall–Kier alpha value is -1.11. The molecule has 0 radical (unpaired) electrons. The number of nitrogens with zero attached hydrogens (tertiary/aromatic N) is 1. The number of benzene rings is 1. The van der Waals surface area contributed by atoms with Gasteiger partial charge in [0.05, 0.1) is 4.90 Å². The van der Waals surface area contributed by atoms with E-state index in [0.717, 1.165) is 37.9 Å². The maximum absolute atomic E-state index is 12.0. The van der Waals surface area contributed by atoms with Crippen LogP contribution in [0, 0.1) is 0 Å². The largest absolute Gasteiger partial charge is 0.396 e. The van der Waals surface area contributed by atoms with Crippen LogP contribution in [0.4, 0.5) is 5.69 Å². The summed E-state index contributed by atoms with van der Waals surface area (Å²) in [6, 6.07) is 6.92. The maximum Gasteiger partial charge on any atom is 0.240 e. The zero-order chi connectivity index (χ0) is 15.7. The Morgan fingerprint density at radius 3 is 2.38 bits per heavy atom. The van der Waals surface area contributed by atoms with Crippen molar-refractivity contribution in [2.45, 2.75) is 37.5 Å². The number of aliphatic hydroxyl groups excluding tert-OH is 1. The molecule has 0 saturated heterocycles. The van der Waals surface area contributed by atoms with Gasteiger partial charge in [0.15, 0.2) is 0 Å². The van der Waals surface area contributed by atoms with Crippen LogP contribution in [-0.4, -0.2) is 40.3 Å². The second-order valence-electron chi connectivity index (χ2n) is 5.10. The number of anilines is 1. The summed E-state index contributed by atoms with van der Waals surface area (Å²) in [5.41, 5.74) is 0.994. The monoisotopic (exact) mass is 314 g/mol. The van der Waals surface area contributed by atoms with Crippen molar-refractivity contribution in [3.63, 3.8) is 0 Å². The first kappa shape index (κ1) is 17.9. The van der Waals surface area contributed by atoms with Gasteiger partial charge in [0.1, 0.15) is 0 Å². The third kappa shape index (κ3) is 6.03. The van der Waals surface area contributed by atoms with Gasteiger partial charge in [-0.05, 0) is 49.9 Å².